The highest BCUT2D eigenvalue weighted by Gasteiger charge is 2.30. The molecule has 0 aliphatic carbocycles. The molecule has 0 aromatic rings. The van der Waals surface area contributed by atoms with Crippen molar-refractivity contribution in [2.75, 3.05) is 52.5 Å². The molecule has 2 aliphatic heterocycles. The van der Waals surface area contributed by atoms with Crippen LogP contribution in [0.2, 0.25) is 0 Å². The van der Waals surface area contributed by atoms with Crippen molar-refractivity contribution in [2.24, 2.45) is 5.73 Å². The Kier molecular flexibility index (Phi) is 14.1. The second-order valence-electron chi connectivity index (χ2n) is 6.72. The Morgan fingerprint density at radius 1 is 1.12 bits per heavy atom. The second kappa shape index (κ2) is 14.5. The largest absolute Gasteiger partial charge is 0.379 e. The molecule has 0 aromatic heterocycles. The van der Waals surface area contributed by atoms with Gasteiger partial charge < -0.3 is 20.7 Å². The van der Waals surface area contributed by atoms with Crippen LogP contribution in [0.3, 0.4) is 0 Å². The van der Waals surface area contributed by atoms with Crippen molar-refractivity contribution in [3.05, 3.63) is 0 Å². The van der Waals surface area contributed by atoms with Crippen LogP contribution in [0.1, 0.15) is 38.5 Å². The van der Waals surface area contributed by atoms with Crippen molar-refractivity contribution in [3.8, 4) is 0 Å². The van der Waals surface area contributed by atoms with E-state index in [0.29, 0.717) is 19.4 Å². The summed E-state index contributed by atoms with van der Waals surface area (Å²) in [7, 11) is 0. The molecular weight excluding hydrogens is 379 g/mol. The van der Waals surface area contributed by atoms with Gasteiger partial charge in [0, 0.05) is 45.6 Å². The third-order valence-corrected chi connectivity index (χ3v) is 4.73. The zero-order valence-electron chi connectivity index (χ0n) is 15.5. The molecule has 0 saturated carbocycles. The van der Waals surface area contributed by atoms with Crippen LogP contribution in [0.15, 0.2) is 0 Å². The number of amides is 2. The van der Waals surface area contributed by atoms with Gasteiger partial charge in [-0.15, -0.1) is 24.8 Å². The smallest absolute Gasteiger partial charge is 0.224 e. The first-order chi connectivity index (χ1) is 11.7. The number of rotatable bonds is 10. The van der Waals surface area contributed by atoms with Crippen LogP contribution < -0.4 is 11.1 Å². The lowest BCUT2D eigenvalue weighted by Gasteiger charge is -2.28. The molecule has 1 unspecified atom stereocenters. The van der Waals surface area contributed by atoms with Gasteiger partial charge in [-0.3, -0.25) is 14.5 Å². The molecule has 0 spiro atoms. The summed E-state index contributed by atoms with van der Waals surface area (Å²) in [4.78, 5) is 28.3. The number of nitrogens with zero attached hydrogens (tertiary/aromatic N) is 2. The van der Waals surface area contributed by atoms with Crippen LogP contribution >= 0.6 is 24.8 Å². The van der Waals surface area contributed by atoms with Gasteiger partial charge in [0.05, 0.1) is 19.3 Å². The summed E-state index contributed by atoms with van der Waals surface area (Å²) in [5, 5.41) is 3.01. The lowest BCUT2D eigenvalue weighted by molar-refractivity contribution is -0.128. The zero-order chi connectivity index (χ0) is 17.2. The van der Waals surface area contributed by atoms with Crippen molar-refractivity contribution in [1.82, 2.24) is 15.1 Å². The van der Waals surface area contributed by atoms with E-state index in [4.69, 9.17) is 10.5 Å². The van der Waals surface area contributed by atoms with Crippen LogP contribution in [-0.4, -0.2) is 80.1 Å². The average Bonchev–Trinajstić information content (AvgIpc) is 2.93. The first kappa shape index (κ1) is 25.4. The number of ether oxygens (including phenoxy) is 1. The topological polar surface area (TPSA) is 87.9 Å². The summed E-state index contributed by atoms with van der Waals surface area (Å²) in [6, 6.07) is -0.0290. The molecule has 2 amide bonds. The van der Waals surface area contributed by atoms with Crippen LogP contribution in [0.5, 0.6) is 0 Å². The standard InChI is InChI=1S/C17H32N4O3.2ClH/c18-6-4-2-1-3-5-16(22)19-15-13-17(23)21(14-15)8-7-20-9-11-24-12-10-20;;/h15H,1-14,18H2,(H,19,22);2*1H. The van der Waals surface area contributed by atoms with E-state index in [1.165, 1.54) is 0 Å². The molecule has 26 heavy (non-hydrogen) atoms. The predicted molar refractivity (Wildman–Crippen MR) is 107 cm³/mol. The van der Waals surface area contributed by atoms with E-state index in [1.54, 1.807) is 0 Å². The van der Waals surface area contributed by atoms with Gasteiger partial charge in [0.15, 0.2) is 0 Å². The summed E-state index contributed by atoms with van der Waals surface area (Å²) in [6.45, 7) is 6.41. The molecule has 2 heterocycles. The second-order valence-corrected chi connectivity index (χ2v) is 6.72. The van der Waals surface area contributed by atoms with Crippen molar-refractivity contribution in [2.45, 2.75) is 44.6 Å². The van der Waals surface area contributed by atoms with Gasteiger partial charge in [-0.05, 0) is 19.4 Å². The molecular formula is C17H34Cl2N4O3. The van der Waals surface area contributed by atoms with Gasteiger partial charge in [0.1, 0.15) is 0 Å². The molecule has 2 fully saturated rings. The highest BCUT2D eigenvalue weighted by molar-refractivity contribution is 5.85. The molecule has 0 aromatic carbocycles. The summed E-state index contributed by atoms with van der Waals surface area (Å²) in [6.07, 6.45) is 5.02. The third-order valence-electron chi connectivity index (χ3n) is 4.73. The Balaban J connectivity index is 0.00000312. The number of carbonyl (C=O) groups is 2. The van der Waals surface area contributed by atoms with Gasteiger partial charge in [-0.1, -0.05) is 12.8 Å². The molecule has 0 bridgehead atoms. The maximum atomic E-state index is 12.1. The van der Waals surface area contributed by atoms with E-state index in [0.717, 1.165) is 71.6 Å². The Bertz CT molecular complexity index is 409. The number of hydrogen-bond donors (Lipinski definition) is 2. The van der Waals surface area contributed by atoms with E-state index < -0.39 is 0 Å². The third kappa shape index (κ3) is 9.37. The maximum Gasteiger partial charge on any atom is 0.224 e. The van der Waals surface area contributed by atoms with E-state index in [2.05, 4.69) is 10.2 Å². The van der Waals surface area contributed by atoms with Gasteiger partial charge in [0.25, 0.3) is 0 Å². The minimum atomic E-state index is -0.0290. The first-order valence-corrected chi connectivity index (χ1v) is 9.26. The fraction of sp³-hybridized carbons (Fsp3) is 0.882. The SMILES string of the molecule is Cl.Cl.NCCCCCCC(=O)NC1CC(=O)N(CCN2CCOCC2)C1. The monoisotopic (exact) mass is 412 g/mol. The Morgan fingerprint density at radius 2 is 1.81 bits per heavy atom. The minimum Gasteiger partial charge on any atom is -0.379 e. The highest BCUT2D eigenvalue weighted by Crippen LogP contribution is 2.12. The lowest BCUT2D eigenvalue weighted by atomic mass is 10.1. The number of likely N-dealkylation sites (tertiary alicyclic amines) is 1. The fourth-order valence-electron chi connectivity index (χ4n) is 3.26. The number of carbonyl (C=O) groups excluding carboxylic acids is 2. The predicted octanol–water partition coefficient (Wildman–Crippen LogP) is 0.789. The molecule has 2 saturated heterocycles. The summed E-state index contributed by atoms with van der Waals surface area (Å²) >= 11 is 0. The molecule has 2 rings (SSSR count). The van der Waals surface area contributed by atoms with Gasteiger partial charge in [0.2, 0.25) is 11.8 Å². The van der Waals surface area contributed by atoms with E-state index in [1.807, 2.05) is 4.90 Å². The van der Waals surface area contributed by atoms with Crippen molar-refractivity contribution in [3.63, 3.8) is 0 Å². The molecule has 7 nitrogen and oxygen atoms in total. The first-order valence-electron chi connectivity index (χ1n) is 9.26. The Labute approximate surface area is 169 Å². The molecule has 154 valence electrons. The summed E-state index contributed by atoms with van der Waals surface area (Å²) < 4.78 is 5.33. The van der Waals surface area contributed by atoms with E-state index >= 15 is 0 Å². The maximum absolute atomic E-state index is 12.1. The summed E-state index contributed by atoms with van der Waals surface area (Å²) in [5.74, 6) is 0.215. The molecule has 1 atom stereocenters. The Hall–Kier alpha value is -0.600. The van der Waals surface area contributed by atoms with Gasteiger partial charge in [-0.2, -0.15) is 0 Å². The van der Waals surface area contributed by atoms with Crippen molar-refractivity contribution >= 4 is 36.6 Å². The molecule has 9 heteroatoms. The van der Waals surface area contributed by atoms with E-state index in [-0.39, 0.29) is 42.7 Å². The quantitative estimate of drug-likeness (QED) is 0.517. The molecule has 3 N–H and O–H groups in total. The van der Waals surface area contributed by atoms with E-state index in [9.17, 15) is 9.59 Å². The van der Waals surface area contributed by atoms with Crippen LogP contribution in [-0.2, 0) is 14.3 Å². The summed E-state index contributed by atoms with van der Waals surface area (Å²) in [5.41, 5.74) is 5.45. The van der Waals surface area contributed by atoms with Crippen molar-refractivity contribution < 1.29 is 14.3 Å². The zero-order valence-corrected chi connectivity index (χ0v) is 17.1. The normalized spacial score (nSPS) is 20.4. The number of unbranched alkanes of at least 4 members (excludes halogenated alkanes) is 3. The van der Waals surface area contributed by atoms with Gasteiger partial charge >= 0.3 is 0 Å². The number of nitrogens with two attached hydrogens (primary N) is 1. The van der Waals surface area contributed by atoms with Crippen LogP contribution in [0.4, 0.5) is 0 Å². The number of nitrogens with one attached hydrogen (secondary N) is 1. The average molecular weight is 413 g/mol. The lowest BCUT2D eigenvalue weighted by Crippen LogP contribution is -2.42. The highest BCUT2D eigenvalue weighted by atomic mass is 35.5. The molecule has 2 aliphatic rings. The van der Waals surface area contributed by atoms with Gasteiger partial charge in [-0.25, -0.2) is 0 Å². The van der Waals surface area contributed by atoms with Crippen LogP contribution in [0.25, 0.3) is 0 Å². The Morgan fingerprint density at radius 3 is 2.50 bits per heavy atom. The molecule has 0 radical (unpaired) electrons. The minimum absolute atomic E-state index is 0. The number of morpholine rings is 1. The fourth-order valence-corrected chi connectivity index (χ4v) is 3.26. The number of halogens is 2. The van der Waals surface area contributed by atoms with Crippen LogP contribution in [0, 0.1) is 0 Å². The number of hydrogen-bond acceptors (Lipinski definition) is 5. The van der Waals surface area contributed by atoms with Crippen molar-refractivity contribution in [1.29, 1.82) is 0 Å².